The molecular formula is C13H19N5O. The van der Waals surface area contributed by atoms with Gasteiger partial charge in [-0.1, -0.05) is 0 Å². The molecule has 0 fully saturated rings. The molecule has 19 heavy (non-hydrogen) atoms. The van der Waals surface area contributed by atoms with Gasteiger partial charge < -0.3 is 14.6 Å². The minimum Gasteiger partial charge on any atom is -0.374 e. The van der Waals surface area contributed by atoms with Crippen molar-refractivity contribution in [3.05, 3.63) is 35.8 Å². The van der Waals surface area contributed by atoms with Crippen molar-refractivity contribution in [3.63, 3.8) is 0 Å². The van der Waals surface area contributed by atoms with E-state index >= 15 is 0 Å². The van der Waals surface area contributed by atoms with Gasteiger partial charge in [-0.25, -0.2) is 15.0 Å². The van der Waals surface area contributed by atoms with E-state index in [1.807, 2.05) is 37.8 Å². The summed E-state index contributed by atoms with van der Waals surface area (Å²) < 4.78 is 7.35. The van der Waals surface area contributed by atoms with Crippen molar-refractivity contribution >= 4 is 5.82 Å². The van der Waals surface area contributed by atoms with Gasteiger partial charge in [0.15, 0.2) is 5.82 Å². The van der Waals surface area contributed by atoms with Gasteiger partial charge in [0.2, 0.25) is 0 Å². The van der Waals surface area contributed by atoms with Gasteiger partial charge in [-0.05, 0) is 6.92 Å². The third kappa shape index (κ3) is 3.51. The molecule has 0 unspecified atom stereocenters. The first kappa shape index (κ1) is 13.5. The number of hydrogen-bond acceptors (Lipinski definition) is 5. The summed E-state index contributed by atoms with van der Waals surface area (Å²) >= 11 is 0. The van der Waals surface area contributed by atoms with E-state index in [-0.39, 0.29) is 0 Å². The molecule has 2 rings (SSSR count). The number of aryl methyl sites for hydroxylation is 1. The molecule has 0 aliphatic carbocycles. The lowest BCUT2D eigenvalue weighted by atomic mass is 10.2. The first-order chi connectivity index (χ1) is 9.22. The van der Waals surface area contributed by atoms with E-state index in [9.17, 15) is 0 Å². The molecule has 0 aliphatic heterocycles. The minimum atomic E-state index is 0.430. The number of anilines is 1. The van der Waals surface area contributed by atoms with E-state index in [1.165, 1.54) is 0 Å². The van der Waals surface area contributed by atoms with E-state index in [2.05, 4.69) is 20.3 Å². The van der Waals surface area contributed by atoms with Crippen LogP contribution in [0.3, 0.4) is 0 Å². The zero-order valence-electron chi connectivity index (χ0n) is 11.6. The molecule has 1 N–H and O–H groups in total. The molecule has 6 nitrogen and oxygen atoms in total. The maximum absolute atomic E-state index is 5.36. The van der Waals surface area contributed by atoms with Crippen LogP contribution in [-0.4, -0.2) is 33.2 Å². The van der Waals surface area contributed by atoms with Crippen LogP contribution in [0.1, 0.15) is 24.3 Å². The predicted molar refractivity (Wildman–Crippen MR) is 72.9 cm³/mol. The number of rotatable bonds is 6. The van der Waals surface area contributed by atoms with Crippen molar-refractivity contribution in [2.24, 2.45) is 7.05 Å². The van der Waals surface area contributed by atoms with Crippen molar-refractivity contribution in [2.45, 2.75) is 20.0 Å². The van der Waals surface area contributed by atoms with Crippen molar-refractivity contribution in [1.29, 1.82) is 0 Å². The van der Waals surface area contributed by atoms with Crippen LogP contribution in [0, 0.1) is 0 Å². The molecule has 0 saturated carbocycles. The van der Waals surface area contributed by atoms with Crippen LogP contribution in [0.15, 0.2) is 18.5 Å². The second-order valence-corrected chi connectivity index (χ2v) is 4.18. The Balaban J connectivity index is 2.21. The van der Waals surface area contributed by atoms with Crippen molar-refractivity contribution in [1.82, 2.24) is 19.5 Å². The molecule has 0 amide bonds. The van der Waals surface area contributed by atoms with Crippen molar-refractivity contribution < 1.29 is 4.74 Å². The lowest BCUT2D eigenvalue weighted by Crippen LogP contribution is -2.07. The number of ether oxygens (including phenoxy) is 1. The third-order valence-electron chi connectivity index (χ3n) is 2.78. The van der Waals surface area contributed by atoms with Gasteiger partial charge in [0.1, 0.15) is 18.2 Å². The summed E-state index contributed by atoms with van der Waals surface area (Å²) in [6, 6.07) is 1.93. The highest BCUT2D eigenvalue weighted by Gasteiger charge is 2.07. The first-order valence-electron chi connectivity index (χ1n) is 6.31. The molecule has 0 radical (unpaired) electrons. The zero-order valence-corrected chi connectivity index (χ0v) is 11.6. The fraction of sp³-hybridized carbons (Fsp3) is 0.462. The normalized spacial score (nSPS) is 10.7. The topological polar surface area (TPSA) is 64.9 Å². The SMILES string of the molecule is CCOCc1nc(Cc2nccn2C)cc(NC)n1. The summed E-state index contributed by atoms with van der Waals surface area (Å²) in [5, 5.41) is 3.04. The van der Waals surface area contributed by atoms with Gasteiger partial charge in [0, 0.05) is 45.6 Å². The average Bonchev–Trinajstić information content (AvgIpc) is 2.81. The van der Waals surface area contributed by atoms with Crippen LogP contribution in [0.2, 0.25) is 0 Å². The summed E-state index contributed by atoms with van der Waals surface area (Å²) in [5.74, 6) is 2.47. The van der Waals surface area contributed by atoms with Gasteiger partial charge in [0.25, 0.3) is 0 Å². The Hall–Kier alpha value is -1.95. The monoisotopic (exact) mass is 261 g/mol. The highest BCUT2D eigenvalue weighted by Crippen LogP contribution is 2.11. The van der Waals surface area contributed by atoms with E-state index in [0.29, 0.717) is 25.5 Å². The van der Waals surface area contributed by atoms with Gasteiger partial charge in [-0.2, -0.15) is 0 Å². The smallest absolute Gasteiger partial charge is 0.156 e. The average molecular weight is 261 g/mol. The second-order valence-electron chi connectivity index (χ2n) is 4.18. The predicted octanol–water partition coefficient (Wildman–Crippen LogP) is 1.38. The summed E-state index contributed by atoms with van der Waals surface area (Å²) in [5.41, 5.74) is 0.934. The number of nitrogens with zero attached hydrogens (tertiary/aromatic N) is 4. The van der Waals surface area contributed by atoms with Crippen LogP contribution in [0.25, 0.3) is 0 Å². The Kier molecular flexibility index (Phi) is 4.46. The summed E-state index contributed by atoms with van der Waals surface area (Å²) in [6.45, 7) is 3.04. The largest absolute Gasteiger partial charge is 0.374 e. The molecule has 2 heterocycles. The molecule has 2 aromatic rings. The molecule has 0 atom stereocenters. The van der Waals surface area contributed by atoms with Crippen LogP contribution >= 0.6 is 0 Å². The van der Waals surface area contributed by atoms with Crippen molar-refractivity contribution in [2.75, 3.05) is 19.0 Å². The molecule has 0 aromatic carbocycles. The van der Waals surface area contributed by atoms with E-state index in [4.69, 9.17) is 4.74 Å². The van der Waals surface area contributed by atoms with Gasteiger partial charge in [-0.3, -0.25) is 0 Å². The van der Waals surface area contributed by atoms with Crippen molar-refractivity contribution in [3.8, 4) is 0 Å². The molecule has 0 saturated heterocycles. The summed E-state index contributed by atoms with van der Waals surface area (Å²) in [6.07, 6.45) is 4.40. The maximum atomic E-state index is 5.36. The Morgan fingerprint density at radius 2 is 2.21 bits per heavy atom. The Morgan fingerprint density at radius 1 is 1.37 bits per heavy atom. The molecule has 0 spiro atoms. The fourth-order valence-electron chi connectivity index (χ4n) is 1.76. The molecule has 2 aromatic heterocycles. The Bertz CT molecular complexity index is 538. The highest BCUT2D eigenvalue weighted by atomic mass is 16.5. The molecule has 102 valence electrons. The van der Waals surface area contributed by atoms with Crippen LogP contribution in [-0.2, 0) is 24.8 Å². The lowest BCUT2D eigenvalue weighted by molar-refractivity contribution is 0.128. The highest BCUT2D eigenvalue weighted by molar-refractivity contribution is 5.36. The summed E-state index contributed by atoms with van der Waals surface area (Å²) in [7, 11) is 3.82. The zero-order chi connectivity index (χ0) is 13.7. The fourth-order valence-corrected chi connectivity index (χ4v) is 1.76. The minimum absolute atomic E-state index is 0.430. The Labute approximate surface area is 112 Å². The van der Waals surface area contributed by atoms with Gasteiger partial charge >= 0.3 is 0 Å². The summed E-state index contributed by atoms with van der Waals surface area (Å²) in [4.78, 5) is 13.2. The van der Waals surface area contributed by atoms with Gasteiger partial charge in [-0.15, -0.1) is 0 Å². The molecule has 0 bridgehead atoms. The van der Waals surface area contributed by atoms with Gasteiger partial charge in [0.05, 0.1) is 5.69 Å². The molecular weight excluding hydrogens is 242 g/mol. The van der Waals surface area contributed by atoms with E-state index < -0.39 is 0 Å². The molecule has 6 heteroatoms. The second kappa shape index (κ2) is 6.29. The standard InChI is InChI=1S/C13H19N5O/c1-4-19-9-12-16-10(7-11(14-2)17-12)8-13-15-5-6-18(13)3/h5-7H,4,8-9H2,1-3H3,(H,14,16,17). The van der Waals surface area contributed by atoms with E-state index in [1.54, 1.807) is 6.20 Å². The molecule has 0 aliphatic rings. The maximum Gasteiger partial charge on any atom is 0.156 e. The quantitative estimate of drug-likeness (QED) is 0.851. The van der Waals surface area contributed by atoms with E-state index in [0.717, 1.165) is 17.3 Å². The third-order valence-corrected chi connectivity index (χ3v) is 2.78. The van der Waals surface area contributed by atoms with Crippen LogP contribution < -0.4 is 5.32 Å². The Morgan fingerprint density at radius 3 is 2.84 bits per heavy atom. The van der Waals surface area contributed by atoms with Crippen LogP contribution in [0.5, 0.6) is 0 Å². The number of imidazole rings is 1. The number of aromatic nitrogens is 4. The number of hydrogen-bond donors (Lipinski definition) is 1. The first-order valence-corrected chi connectivity index (χ1v) is 6.31. The van der Waals surface area contributed by atoms with Crippen LogP contribution in [0.4, 0.5) is 5.82 Å². The number of nitrogens with one attached hydrogen (secondary N) is 1. The lowest BCUT2D eigenvalue weighted by Gasteiger charge is -2.08.